The third kappa shape index (κ3) is 3.59. The molecule has 0 radical (unpaired) electrons. The SMILES string of the molecule is Cn1nccc1C(=O)N1CC2(C[C@H](OCC3CCOCC3)CCO2)C1. The molecule has 7 nitrogen and oxygen atoms in total. The first-order chi connectivity index (χ1) is 12.2. The molecule has 0 unspecified atom stereocenters. The molecule has 7 heteroatoms. The van der Waals surface area contributed by atoms with Gasteiger partial charge in [-0.2, -0.15) is 5.10 Å². The number of carbonyl (C=O) groups is 1. The van der Waals surface area contributed by atoms with Crippen molar-refractivity contribution in [3.8, 4) is 0 Å². The fourth-order valence-electron chi connectivity index (χ4n) is 4.07. The molecule has 138 valence electrons. The fraction of sp³-hybridized carbons (Fsp3) is 0.778. The van der Waals surface area contributed by atoms with Gasteiger partial charge < -0.3 is 19.1 Å². The van der Waals surface area contributed by atoms with E-state index in [1.807, 2.05) is 4.90 Å². The van der Waals surface area contributed by atoms with Gasteiger partial charge in [0.1, 0.15) is 11.3 Å². The van der Waals surface area contributed by atoms with Gasteiger partial charge in [-0.3, -0.25) is 9.48 Å². The van der Waals surface area contributed by atoms with Gasteiger partial charge in [-0.05, 0) is 31.2 Å². The molecule has 0 aromatic carbocycles. The summed E-state index contributed by atoms with van der Waals surface area (Å²) in [5.74, 6) is 0.649. The smallest absolute Gasteiger partial charge is 0.272 e. The Labute approximate surface area is 148 Å². The Bertz CT molecular complexity index is 605. The molecule has 0 bridgehead atoms. The topological polar surface area (TPSA) is 65.8 Å². The predicted octanol–water partition coefficient (Wildman–Crippen LogP) is 1.24. The number of ether oxygens (including phenoxy) is 3. The van der Waals surface area contributed by atoms with Crippen LogP contribution in [0.15, 0.2) is 12.3 Å². The second-order valence-corrected chi connectivity index (χ2v) is 7.54. The zero-order chi connectivity index (χ0) is 17.3. The van der Waals surface area contributed by atoms with E-state index in [9.17, 15) is 4.79 Å². The third-order valence-electron chi connectivity index (χ3n) is 5.64. The minimum atomic E-state index is -0.215. The Balaban J connectivity index is 1.27. The number of rotatable bonds is 4. The first-order valence-corrected chi connectivity index (χ1v) is 9.26. The van der Waals surface area contributed by atoms with Crippen LogP contribution in [0.2, 0.25) is 0 Å². The normalized spacial score (nSPS) is 26.6. The van der Waals surface area contributed by atoms with Crippen LogP contribution in [0.3, 0.4) is 0 Å². The maximum Gasteiger partial charge on any atom is 0.272 e. The molecule has 1 spiro atoms. The van der Waals surface area contributed by atoms with E-state index in [0.717, 1.165) is 45.5 Å². The van der Waals surface area contributed by atoms with Crippen molar-refractivity contribution in [3.05, 3.63) is 18.0 Å². The van der Waals surface area contributed by atoms with E-state index in [1.54, 1.807) is 24.0 Å². The Hall–Kier alpha value is -1.44. The fourth-order valence-corrected chi connectivity index (χ4v) is 4.07. The summed E-state index contributed by atoms with van der Waals surface area (Å²) in [6.45, 7) is 4.55. The molecule has 1 atom stereocenters. The zero-order valence-corrected chi connectivity index (χ0v) is 14.9. The van der Waals surface area contributed by atoms with Crippen LogP contribution in [0.4, 0.5) is 0 Å². The molecule has 3 aliphatic heterocycles. The molecule has 0 N–H and O–H groups in total. The predicted molar refractivity (Wildman–Crippen MR) is 90.3 cm³/mol. The second kappa shape index (κ2) is 7.05. The summed E-state index contributed by atoms with van der Waals surface area (Å²) in [6.07, 6.45) is 5.92. The number of aryl methyl sites for hydroxylation is 1. The van der Waals surface area contributed by atoms with E-state index < -0.39 is 0 Å². The lowest BCUT2D eigenvalue weighted by atomic mass is 9.84. The number of likely N-dealkylation sites (tertiary alicyclic amines) is 1. The highest BCUT2D eigenvalue weighted by Gasteiger charge is 2.50. The van der Waals surface area contributed by atoms with Gasteiger partial charge in [0.2, 0.25) is 0 Å². The van der Waals surface area contributed by atoms with Gasteiger partial charge in [-0.1, -0.05) is 0 Å². The first-order valence-electron chi connectivity index (χ1n) is 9.26. The van der Waals surface area contributed by atoms with E-state index in [-0.39, 0.29) is 17.6 Å². The molecule has 0 saturated carbocycles. The molecule has 1 amide bonds. The summed E-state index contributed by atoms with van der Waals surface area (Å²) in [5.41, 5.74) is 0.408. The lowest BCUT2D eigenvalue weighted by molar-refractivity contribution is -0.188. The van der Waals surface area contributed by atoms with Gasteiger partial charge in [0.05, 0.1) is 19.2 Å². The van der Waals surface area contributed by atoms with Gasteiger partial charge in [-0.25, -0.2) is 0 Å². The largest absolute Gasteiger partial charge is 0.381 e. The van der Waals surface area contributed by atoms with Gasteiger partial charge in [-0.15, -0.1) is 0 Å². The molecular formula is C18H27N3O4. The molecule has 0 aliphatic carbocycles. The molecule has 3 saturated heterocycles. The third-order valence-corrected chi connectivity index (χ3v) is 5.64. The summed E-state index contributed by atoms with van der Waals surface area (Å²) in [7, 11) is 1.79. The molecule has 3 fully saturated rings. The van der Waals surface area contributed by atoms with E-state index in [2.05, 4.69) is 5.10 Å². The second-order valence-electron chi connectivity index (χ2n) is 7.54. The van der Waals surface area contributed by atoms with Gasteiger partial charge in [0, 0.05) is 46.1 Å². The lowest BCUT2D eigenvalue weighted by Gasteiger charge is -2.53. The highest BCUT2D eigenvalue weighted by Crippen LogP contribution is 2.36. The Kier molecular flexibility index (Phi) is 4.80. The van der Waals surface area contributed by atoms with Crippen LogP contribution >= 0.6 is 0 Å². The van der Waals surface area contributed by atoms with Gasteiger partial charge in [0.15, 0.2) is 0 Å². The van der Waals surface area contributed by atoms with Crippen molar-refractivity contribution in [3.63, 3.8) is 0 Å². The standard InChI is InChI=1S/C18H27N3O4/c1-20-16(2-6-19-20)17(22)21-12-18(13-21)10-15(5-9-25-18)24-11-14-3-7-23-8-4-14/h2,6,14-15H,3-5,7-13H2,1H3/t15-/m1/s1. The number of hydrogen-bond acceptors (Lipinski definition) is 5. The summed E-state index contributed by atoms with van der Waals surface area (Å²) in [4.78, 5) is 14.4. The number of nitrogens with zero attached hydrogens (tertiary/aromatic N) is 3. The van der Waals surface area contributed by atoms with Gasteiger partial charge in [0.25, 0.3) is 5.91 Å². The van der Waals surface area contributed by atoms with E-state index in [4.69, 9.17) is 14.2 Å². The number of amides is 1. The Morgan fingerprint density at radius 2 is 2.12 bits per heavy atom. The highest BCUT2D eigenvalue weighted by molar-refractivity contribution is 5.93. The average Bonchev–Trinajstić information content (AvgIpc) is 3.04. The number of carbonyl (C=O) groups excluding carboxylic acids is 1. The van der Waals surface area contributed by atoms with Crippen molar-refractivity contribution in [1.29, 1.82) is 0 Å². The van der Waals surface area contributed by atoms with Crippen molar-refractivity contribution >= 4 is 5.91 Å². The van der Waals surface area contributed by atoms with Crippen molar-refractivity contribution in [2.45, 2.75) is 37.4 Å². The molecule has 4 rings (SSSR count). The quantitative estimate of drug-likeness (QED) is 0.818. The van der Waals surface area contributed by atoms with Crippen LogP contribution in [-0.2, 0) is 21.3 Å². The molecule has 4 heterocycles. The molecular weight excluding hydrogens is 322 g/mol. The average molecular weight is 349 g/mol. The van der Waals surface area contributed by atoms with Crippen molar-refractivity contribution in [2.75, 3.05) is 39.5 Å². The number of aromatic nitrogens is 2. The zero-order valence-electron chi connectivity index (χ0n) is 14.9. The number of hydrogen-bond donors (Lipinski definition) is 0. The maximum atomic E-state index is 12.5. The van der Waals surface area contributed by atoms with Crippen molar-refractivity contribution in [1.82, 2.24) is 14.7 Å². The van der Waals surface area contributed by atoms with E-state index in [0.29, 0.717) is 31.3 Å². The molecule has 1 aromatic heterocycles. The maximum absolute atomic E-state index is 12.5. The summed E-state index contributed by atoms with van der Waals surface area (Å²) < 4.78 is 19.2. The van der Waals surface area contributed by atoms with Crippen molar-refractivity contribution < 1.29 is 19.0 Å². The van der Waals surface area contributed by atoms with Crippen LogP contribution in [0, 0.1) is 5.92 Å². The van der Waals surface area contributed by atoms with Crippen molar-refractivity contribution in [2.24, 2.45) is 13.0 Å². The van der Waals surface area contributed by atoms with E-state index in [1.165, 1.54) is 0 Å². The minimum absolute atomic E-state index is 0.0273. The van der Waals surface area contributed by atoms with Crippen LogP contribution in [0.1, 0.15) is 36.2 Å². The van der Waals surface area contributed by atoms with Crippen LogP contribution in [-0.4, -0.2) is 71.8 Å². The minimum Gasteiger partial charge on any atom is -0.381 e. The van der Waals surface area contributed by atoms with Crippen LogP contribution in [0.25, 0.3) is 0 Å². The van der Waals surface area contributed by atoms with Crippen LogP contribution in [0.5, 0.6) is 0 Å². The Morgan fingerprint density at radius 3 is 2.84 bits per heavy atom. The highest BCUT2D eigenvalue weighted by atomic mass is 16.5. The van der Waals surface area contributed by atoms with Crippen LogP contribution < -0.4 is 0 Å². The molecule has 3 aliphatic rings. The summed E-state index contributed by atoms with van der Waals surface area (Å²) in [6, 6.07) is 1.76. The molecule has 25 heavy (non-hydrogen) atoms. The van der Waals surface area contributed by atoms with Gasteiger partial charge >= 0.3 is 0 Å². The summed E-state index contributed by atoms with van der Waals surface area (Å²) in [5, 5.41) is 4.07. The Morgan fingerprint density at radius 1 is 1.32 bits per heavy atom. The lowest BCUT2D eigenvalue weighted by Crippen LogP contribution is -2.67. The first kappa shape index (κ1) is 17.0. The van der Waals surface area contributed by atoms with E-state index >= 15 is 0 Å². The monoisotopic (exact) mass is 349 g/mol. The molecule has 1 aromatic rings. The summed E-state index contributed by atoms with van der Waals surface area (Å²) >= 11 is 0.